The fourth-order valence-corrected chi connectivity index (χ4v) is 4.13. The summed E-state index contributed by atoms with van der Waals surface area (Å²) in [7, 11) is 0. The van der Waals surface area contributed by atoms with Crippen molar-refractivity contribution in [1.29, 1.82) is 0 Å². The van der Waals surface area contributed by atoms with E-state index in [4.69, 9.17) is 0 Å². The van der Waals surface area contributed by atoms with Gasteiger partial charge >= 0.3 is 12.4 Å². The van der Waals surface area contributed by atoms with Crippen LogP contribution in [0.3, 0.4) is 0 Å². The SMILES string of the molecule is O=C1c2cccc3c(-c4ccc(C(F)(F)F)cc4)ccc(c23)N1c1ccc(C(F)(F)F)cc1. The van der Waals surface area contributed by atoms with Crippen LogP contribution in [0.25, 0.3) is 21.9 Å². The van der Waals surface area contributed by atoms with Crippen LogP contribution < -0.4 is 4.90 Å². The summed E-state index contributed by atoms with van der Waals surface area (Å²) in [5.74, 6) is -0.389. The summed E-state index contributed by atoms with van der Waals surface area (Å²) in [5, 5.41) is 1.26. The molecule has 1 aliphatic heterocycles. The number of amides is 1. The van der Waals surface area contributed by atoms with Crippen LogP contribution in [0.4, 0.5) is 37.7 Å². The Morgan fingerprint density at radius 3 is 1.76 bits per heavy atom. The highest BCUT2D eigenvalue weighted by Crippen LogP contribution is 2.45. The molecule has 0 radical (unpaired) electrons. The summed E-state index contributed by atoms with van der Waals surface area (Å²) in [4.78, 5) is 14.5. The van der Waals surface area contributed by atoms with Crippen LogP contribution in [-0.4, -0.2) is 5.91 Å². The average Bonchev–Trinajstić information content (AvgIpc) is 3.06. The van der Waals surface area contributed by atoms with E-state index in [0.717, 1.165) is 24.3 Å². The van der Waals surface area contributed by atoms with E-state index < -0.39 is 23.5 Å². The molecule has 4 aromatic rings. The number of hydrogen-bond donors (Lipinski definition) is 0. The maximum absolute atomic E-state index is 13.1. The largest absolute Gasteiger partial charge is 0.416 e. The third-order valence-electron chi connectivity index (χ3n) is 5.67. The molecule has 0 unspecified atom stereocenters. The third kappa shape index (κ3) is 3.42. The first-order valence-corrected chi connectivity index (χ1v) is 9.81. The van der Waals surface area contributed by atoms with Crippen molar-refractivity contribution in [3.05, 3.63) is 95.6 Å². The fraction of sp³-hybridized carbons (Fsp3) is 0.0800. The molecule has 0 fully saturated rings. The molecular formula is C25H13F6NO. The zero-order valence-electron chi connectivity index (χ0n) is 16.6. The van der Waals surface area contributed by atoms with E-state index in [2.05, 4.69) is 0 Å². The van der Waals surface area contributed by atoms with Gasteiger partial charge < -0.3 is 0 Å². The van der Waals surface area contributed by atoms with Crippen molar-refractivity contribution in [2.24, 2.45) is 0 Å². The maximum Gasteiger partial charge on any atom is 0.416 e. The summed E-state index contributed by atoms with van der Waals surface area (Å²) >= 11 is 0. The zero-order valence-corrected chi connectivity index (χ0v) is 16.6. The summed E-state index contributed by atoms with van der Waals surface area (Å²) in [5.41, 5.74) is 0.766. The van der Waals surface area contributed by atoms with Gasteiger partial charge in [-0.1, -0.05) is 30.3 Å². The van der Waals surface area contributed by atoms with Crippen LogP contribution in [0.1, 0.15) is 21.5 Å². The van der Waals surface area contributed by atoms with Crippen molar-refractivity contribution in [1.82, 2.24) is 0 Å². The first-order chi connectivity index (χ1) is 15.6. The van der Waals surface area contributed by atoms with Crippen molar-refractivity contribution in [3.8, 4) is 11.1 Å². The highest BCUT2D eigenvalue weighted by Gasteiger charge is 2.34. The number of hydrogen-bond acceptors (Lipinski definition) is 1. The minimum Gasteiger partial charge on any atom is -0.276 e. The molecule has 4 aromatic carbocycles. The van der Waals surface area contributed by atoms with Gasteiger partial charge in [-0.05, 0) is 65.0 Å². The molecule has 1 aliphatic rings. The molecule has 0 bridgehead atoms. The molecule has 0 aliphatic carbocycles. The van der Waals surface area contributed by atoms with Crippen LogP contribution in [0.2, 0.25) is 0 Å². The monoisotopic (exact) mass is 457 g/mol. The number of halogens is 6. The second-order valence-electron chi connectivity index (χ2n) is 7.62. The van der Waals surface area contributed by atoms with E-state index in [9.17, 15) is 31.1 Å². The van der Waals surface area contributed by atoms with Gasteiger partial charge in [-0.15, -0.1) is 0 Å². The van der Waals surface area contributed by atoms with Crippen LogP contribution in [-0.2, 0) is 12.4 Å². The van der Waals surface area contributed by atoms with E-state index in [1.165, 1.54) is 29.2 Å². The van der Waals surface area contributed by atoms with Crippen molar-refractivity contribution in [3.63, 3.8) is 0 Å². The molecule has 2 nitrogen and oxygen atoms in total. The Hall–Kier alpha value is -3.81. The van der Waals surface area contributed by atoms with Gasteiger partial charge in [0.15, 0.2) is 0 Å². The minimum atomic E-state index is -4.49. The molecule has 1 heterocycles. The van der Waals surface area contributed by atoms with Crippen LogP contribution in [0.15, 0.2) is 78.9 Å². The van der Waals surface area contributed by atoms with Gasteiger partial charge in [0, 0.05) is 11.1 Å². The minimum absolute atomic E-state index is 0.285. The van der Waals surface area contributed by atoms with Gasteiger partial charge in [0.1, 0.15) is 0 Å². The number of anilines is 2. The molecule has 8 heteroatoms. The summed E-state index contributed by atoms with van der Waals surface area (Å²) in [6.07, 6.45) is -8.94. The van der Waals surface area contributed by atoms with Crippen molar-refractivity contribution in [2.75, 3.05) is 4.90 Å². The predicted molar refractivity (Wildman–Crippen MR) is 112 cm³/mol. The molecule has 0 N–H and O–H groups in total. The number of alkyl halides is 6. The smallest absolute Gasteiger partial charge is 0.276 e. The average molecular weight is 457 g/mol. The predicted octanol–water partition coefficient (Wildman–Crippen LogP) is 7.84. The van der Waals surface area contributed by atoms with Gasteiger partial charge in [-0.3, -0.25) is 9.69 Å². The lowest BCUT2D eigenvalue weighted by molar-refractivity contribution is -0.138. The first kappa shape index (κ1) is 21.1. The van der Waals surface area contributed by atoms with Gasteiger partial charge in [0.2, 0.25) is 0 Å². The van der Waals surface area contributed by atoms with Gasteiger partial charge in [-0.25, -0.2) is 0 Å². The van der Waals surface area contributed by atoms with E-state index in [0.29, 0.717) is 33.2 Å². The normalized spacial score (nSPS) is 13.8. The summed E-state index contributed by atoms with van der Waals surface area (Å²) < 4.78 is 77.5. The lowest BCUT2D eigenvalue weighted by Crippen LogP contribution is -2.21. The Kier molecular flexibility index (Phi) is 4.53. The van der Waals surface area contributed by atoms with Crippen LogP contribution in [0.5, 0.6) is 0 Å². The molecule has 0 saturated heterocycles. The number of carbonyl (C=O) groups is 1. The standard InChI is InChI=1S/C25H13F6NO/c26-24(27,28)15-6-4-14(5-7-15)18-12-13-21-22-19(18)2-1-3-20(22)23(33)32(21)17-10-8-16(9-11-17)25(29,30)31/h1-13H. The van der Waals surface area contributed by atoms with Gasteiger partial charge in [0.05, 0.1) is 22.4 Å². The van der Waals surface area contributed by atoms with Gasteiger partial charge in [0.25, 0.3) is 5.91 Å². The summed E-state index contributed by atoms with van der Waals surface area (Å²) in [6.45, 7) is 0. The van der Waals surface area contributed by atoms with Crippen LogP contribution >= 0.6 is 0 Å². The number of rotatable bonds is 2. The molecule has 0 spiro atoms. The maximum atomic E-state index is 13.1. The molecule has 1 amide bonds. The first-order valence-electron chi connectivity index (χ1n) is 9.81. The molecule has 166 valence electrons. The van der Waals surface area contributed by atoms with Crippen molar-refractivity contribution in [2.45, 2.75) is 12.4 Å². The highest BCUT2D eigenvalue weighted by molar-refractivity contribution is 6.29. The number of nitrogens with zero attached hydrogens (tertiary/aromatic N) is 1. The van der Waals surface area contributed by atoms with E-state index in [-0.39, 0.29) is 11.6 Å². The topological polar surface area (TPSA) is 20.3 Å². The van der Waals surface area contributed by atoms with E-state index >= 15 is 0 Å². The van der Waals surface area contributed by atoms with Crippen LogP contribution in [0, 0.1) is 0 Å². The second kappa shape index (κ2) is 7.10. The number of carbonyl (C=O) groups excluding carboxylic acids is 1. The molecule has 33 heavy (non-hydrogen) atoms. The van der Waals surface area contributed by atoms with Gasteiger partial charge in [-0.2, -0.15) is 26.3 Å². The lowest BCUT2D eigenvalue weighted by atomic mass is 9.95. The Labute approximate surface area is 183 Å². The van der Waals surface area contributed by atoms with Crippen molar-refractivity contribution >= 4 is 28.1 Å². The Balaban J connectivity index is 1.62. The fourth-order valence-electron chi connectivity index (χ4n) is 4.13. The second-order valence-corrected chi connectivity index (χ2v) is 7.62. The third-order valence-corrected chi connectivity index (χ3v) is 5.67. The molecule has 5 rings (SSSR count). The van der Waals surface area contributed by atoms with Crippen molar-refractivity contribution < 1.29 is 31.1 Å². The van der Waals surface area contributed by atoms with E-state index in [1.807, 2.05) is 0 Å². The Bertz CT molecular complexity index is 1390. The summed E-state index contributed by atoms with van der Waals surface area (Å²) in [6, 6.07) is 17.5. The number of benzene rings is 4. The molecule has 0 atom stereocenters. The molecule has 0 aromatic heterocycles. The van der Waals surface area contributed by atoms with E-state index in [1.54, 1.807) is 30.3 Å². The Morgan fingerprint density at radius 2 is 1.18 bits per heavy atom. The lowest BCUT2D eigenvalue weighted by Gasteiger charge is -2.19. The quantitative estimate of drug-likeness (QED) is 0.281. The highest BCUT2D eigenvalue weighted by atomic mass is 19.4. The molecular weight excluding hydrogens is 444 g/mol. The Morgan fingerprint density at radius 1 is 0.606 bits per heavy atom. The zero-order chi connectivity index (χ0) is 23.5. The molecule has 0 saturated carbocycles.